The van der Waals surface area contributed by atoms with Crippen molar-refractivity contribution in [1.29, 1.82) is 0 Å². The van der Waals surface area contributed by atoms with Crippen LogP contribution >= 0.6 is 0 Å². The highest BCUT2D eigenvalue weighted by Crippen LogP contribution is 2.32. The van der Waals surface area contributed by atoms with Gasteiger partial charge in [0.05, 0.1) is 11.4 Å². The summed E-state index contributed by atoms with van der Waals surface area (Å²) in [5.74, 6) is 1.53. The van der Waals surface area contributed by atoms with Gasteiger partial charge in [-0.15, -0.1) is 0 Å². The molecule has 2 aromatic carbocycles. The summed E-state index contributed by atoms with van der Waals surface area (Å²) in [6, 6.07) is 16.5. The zero-order valence-electron chi connectivity index (χ0n) is 17.2. The van der Waals surface area contributed by atoms with Gasteiger partial charge in [0.2, 0.25) is 11.8 Å². The van der Waals surface area contributed by atoms with Gasteiger partial charge in [-0.05, 0) is 63.8 Å². The Morgan fingerprint density at radius 3 is 2.52 bits per heavy atom. The van der Waals surface area contributed by atoms with E-state index in [9.17, 15) is 4.79 Å². The molecule has 29 heavy (non-hydrogen) atoms. The molecular formula is C24H27N3O2. The minimum atomic E-state index is 0.0943. The van der Waals surface area contributed by atoms with Gasteiger partial charge in [0.25, 0.3) is 0 Å². The number of hydrogen-bond donors (Lipinski definition) is 1. The molecule has 0 bridgehead atoms. The lowest BCUT2D eigenvalue weighted by atomic mass is 10.1. The zero-order chi connectivity index (χ0) is 20.4. The normalized spacial score (nSPS) is 13.3. The van der Waals surface area contributed by atoms with Crippen LogP contribution in [0.5, 0.6) is 11.6 Å². The van der Waals surface area contributed by atoms with Gasteiger partial charge in [-0.2, -0.15) is 9.78 Å². The number of rotatable bonds is 7. The molecule has 1 amide bonds. The predicted octanol–water partition coefficient (Wildman–Crippen LogP) is 4.80. The Morgan fingerprint density at radius 2 is 1.83 bits per heavy atom. The molecule has 0 spiro atoms. The molecular weight excluding hydrogens is 362 g/mol. The van der Waals surface area contributed by atoms with Crippen LogP contribution in [0.15, 0.2) is 48.5 Å². The van der Waals surface area contributed by atoms with E-state index in [2.05, 4.69) is 25.2 Å². The van der Waals surface area contributed by atoms with Crippen molar-refractivity contribution in [3.05, 3.63) is 70.9 Å². The number of para-hydroxylation sites is 1. The maximum Gasteiger partial charge on any atom is 0.226 e. The van der Waals surface area contributed by atoms with E-state index in [0.29, 0.717) is 24.8 Å². The average Bonchev–Trinajstić information content (AvgIpc) is 3.46. The second-order valence-corrected chi connectivity index (χ2v) is 7.82. The summed E-state index contributed by atoms with van der Waals surface area (Å²) in [5.41, 5.74) is 5.13. The van der Waals surface area contributed by atoms with Crippen molar-refractivity contribution in [2.24, 2.45) is 0 Å². The summed E-state index contributed by atoms with van der Waals surface area (Å²) in [6.07, 6.45) is 3.22. The van der Waals surface area contributed by atoms with Crippen molar-refractivity contribution in [2.75, 3.05) is 0 Å². The standard InChI is InChI=1S/C24H27N3O2/c1-16-8-12-20(13-9-16)29-24-21(14-15-23(28)25-19-10-11-19)18(3)26-27(24)22-7-5-4-6-17(22)2/h4-9,12-13,19H,10-11,14-15H2,1-3H3,(H,25,28). The summed E-state index contributed by atoms with van der Waals surface area (Å²) in [4.78, 5) is 12.2. The molecule has 1 aromatic heterocycles. The Balaban J connectivity index is 1.67. The maximum atomic E-state index is 12.2. The molecule has 0 atom stereocenters. The van der Waals surface area contributed by atoms with Crippen molar-refractivity contribution in [3.63, 3.8) is 0 Å². The lowest BCUT2D eigenvalue weighted by molar-refractivity contribution is -0.121. The molecule has 0 aliphatic heterocycles. The van der Waals surface area contributed by atoms with E-state index in [1.807, 2.05) is 54.1 Å². The van der Waals surface area contributed by atoms with E-state index < -0.39 is 0 Å². The molecule has 1 heterocycles. The highest BCUT2D eigenvalue weighted by molar-refractivity contribution is 5.77. The fraction of sp³-hybridized carbons (Fsp3) is 0.333. The lowest BCUT2D eigenvalue weighted by Crippen LogP contribution is -2.25. The molecule has 0 saturated heterocycles. The molecule has 4 rings (SSSR count). The van der Waals surface area contributed by atoms with E-state index in [1.54, 1.807) is 0 Å². The van der Waals surface area contributed by atoms with Crippen molar-refractivity contribution >= 4 is 5.91 Å². The topological polar surface area (TPSA) is 56.1 Å². The van der Waals surface area contributed by atoms with Crippen molar-refractivity contribution in [3.8, 4) is 17.3 Å². The van der Waals surface area contributed by atoms with Crippen LogP contribution in [0.3, 0.4) is 0 Å². The number of amides is 1. The van der Waals surface area contributed by atoms with Crippen LogP contribution in [0, 0.1) is 20.8 Å². The zero-order valence-corrected chi connectivity index (χ0v) is 17.2. The molecule has 1 aliphatic rings. The lowest BCUT2D eigenvalue weighted by Gasteiger charge is -2.13. The molecule has 3 aromatic rings. The number of nitrogens with one attached hydrogen (secondary N) is 1. The molecule has 5 heteroatoms. The van der Waals surface area contributed by atoms with Crippen LogP contribution in [-0.4, -0.2) is 21.7 Å². The molecule has 0 unspecified atom stereocenters. The fourth-order valence-corrected chi connectivity index (χ4v) is 3.38. The minimum absolute atomic E-state index is 0.0943. The van der Waals surface area contributed by atoms with E-state index in [1.165, 1.54) is 5.56 Å². The molecule has 0 radical (unpaired) electrons. The quantitative estimate of drug-likeness (QED) is 0.631. The highest BCUT2D eigenvalue weighted by atomic mass is 16.5. The third-order valence-corrected chi connectivity index (χ3v) is 5.26. The Morgan fingerprint density at radius 1 is 1.10 bits per heavy atom. The van der Waals surface area contributed by atoms with Crippen molar-refractivity contribution in [2.45, 2.75) is 52.5 Å². The number of hydrogen-bond acceptors (Lipinski definition) is 3. The van der Waals surface area contributed by atoms with E-state index in [4.69, 9.17) is 9.84 Å². The summed E-state index contributed by atoms with van der Waals surface area (Å²) in [5, 5.41) is 7.83. The van der Waals surface area contributed by atoms with E-state index in [0.717, 1.165) is 41.1 Å². The summed E-state index contributed by atoms with van der Waals surface area (Å²) >= 11 is 0. The minimum Gasteiger partial charge on any atom is -0.439 e. The van der Waals surface area contributed by atoms with Gasteiger partial charge >= 0.3 is 0 Å². The largest absolute Gasteiger partial charge is 0.439 e. The number of aromatic nitrogens is 2. The fourth-order valence-electron chi connectivity index (χ4n) is 3.38. The van der Waals surface area contributed by atoms with Gasteiger partial charge in [0.1, 0.15) is 5.75 Å². The average molecular weight is 389 g/mol. The SMILES string of the molecule is Cc1ccc(Oc2c(CCC(=O)NC3CC3)c(C)nn2-c2ccccc2C)cc1. The Hall–Kier alpha value is -3.08. The van der Waals surface area contributed by atoms with Gasteiger partial charge in [0, 0.05) is 18.0 Å². The number of carbonyl (C=O) groups is 1. The summed E-state index contributed by atoms with van der Waals surface area (Å²) in [7, 11) is 0. The van der Waals surface area contributed by atoms with Gasteiger partial charge in [-0.25, -0.2) is 0 Å². The molecule has 1 fully saturated rings. The van der Waals surface area contributed by atoms with Gasteiger partial charge in [0.15, 0.2) is 0 Å². The predicted molar refractivity (Wildman–Crippen MR) is 114 cm³/mol. The molecule has 1 saturated carbocycles. The third-order valence-electron chi connectivity index (χ3n) is 5.26. The third kappa shape index (κ3) is 4.50. The number of nitrogens with zero attached hydrogens (tertiary/aromatic N) is 2. The summed E-state index contributed by atoms with van der Waals surface area (Å²) < 4.78 is 8.18. The van der Waals surface area contributed by atoms with Crippen molar-refractivity contribution < 1.29 is 9.53 Å². The van der Waals surface area contributed by atoms with Gasteiger partial charge < -0.3 is 10.1 Å². The molecule has 5 nitrogen and oxygen atoms in total. The van der Waals surface area contributed by atoms with E-state index >= 15 is 0 Å². The Labute approximate surface area is 171 Å². The van der Waals surface area contributed by atoms with Gasteiger partial charge in [-0.3, -0.25) is 4.79 Å². The second kappa shape index (κ2) is 8.11. The van der Waals surface area contributed by atoms with E-state index in [-0.39, 0.29) is 5.91 Å². The van der Waals surface area contributed by atoms with Crippen LogP contribution in [0.25, 0.3) is 5.69 Å². The first-order chi connectivity index (χ1) is 14.0. The maximum absolute atomic E-state index is 12.2. The van der Waals surface area contributed by atoms with Crippen LogP contribution in [0.1, 0.15) is 41.6 Å². The van der Waals surface area contributed by atoms with Gasteiger partial charge in [-0.1, -0.05) is 35.9 Å². The Kier molecular flexibility index (Phi) is 5.38. The summed E-state index contributed by atoms with van der Waals surface area (Å²) in [6.45, 7) is 6.09. The van der Waals surface area contributed by atoms with Crippen LogP contribution < -0.4 is 10.1 Å². The van der Waals surface area contributed by atoms with Crippen LogP contribution in [-0.2, 0) is 11.2 Å². The second-order valence-electron chi connectivity index (χ2n) is 7.82. The first-order valence-electron chi connectivity index (χ1n) is 10.2. The first kappa shape index (κ1) is 19.2. The Bertz CT molecular complexity index is 1020. The molecule has 150 valence electrons. The molecule has 1 aliphatic carbocycles. The number of carbonyl (C=O) groups excluding carboxylic acids is 1. The number of ether oxygens (including phenoxy) is 1. The van der Waals surface area contributed by atoms with Crippen molar-refractivity contribution in [1.82, 2.24) is 15.1 Å². The monoisotopic (exact) mass is 389 g/mol. The molecule has 1 N–H and O–H groups in total. The highest BCUT2D eigenvalue weighted by Gasteiger charge is 2.24. The van der Waals surface area contributed by atoms with Crippen LogP contribution in [0.4, 0.5) is 0 Å². The first-order valence-corrected chi connectivity index (χ1v) is 10.2. The number of aryl methyl sites for hydroxylation is 3. The van der Waals surface area contributed by atoms with Crippen LogP contribution in [0.2, 0.25) is 0 Å². The number of benzene rings is 2. The smallest absolute Gasteiger partial charge is 0.226 e.